The fraction of sp³-hybridized carbons (Fsp3) is 0.667. The van der Waals surface area contributed by atoms with E-state index in [1.807, 2.05) is 0 Å². The molecule has 100 valence electrons. The van der Waals surface area contributed by atoms with Gasteiger partial charge in [-0.05, 0) is 42.7 Å². The SMILES string of the molecule is CCCCCCc1ccc(C2CCCCC2)cc1. The molecule has 0 N–H and O–H groups in total. The molecule has 0 radical (unpaired) electrons. The molecule has 0 saturated heterocycles. The Morgan fingerprint density at radius 1 is 0.889 bits per heavy atom. The zero-order chi connectivity index (χ0) is 12.6. The number of rotatable bonds is 6. The Balaban J connectivity index is 1.81. The Labute approximate surface area is 113 Å². The number of hydrogen-bond acceptors (Lipinski definition) is 0. The number of benzene rings is 1. The first-order chi connectivity index (χ1) is 8.90. The maximum Gasteiger partial charge on any atom is -0.0162 e. The molecule has 0 aliphatic heterocycles. The van der Waals surface area contributed by atoms with Crippen LogP contribution in [-0.2, 0) is 6.42 Å². The van der Waals surface area contributed by atoms with Gasteiger partial charge in [-0.15, -0.1) is 0 Å². The Bertz CT molecular complexity index is 316. The number of hydrogen-bond donors (Lipinski definition) is 0. The largest absolute Gasteiger partial charge is 0.0654 e. The molecule has 1 aromatic carbocycles. The summed E-state index contributed by atoms with van der Waals surface area (Å²) in [5, 5.41) is 0. The van der Waals surface area contributed by atoms with Crippen LogP contribution < -0.4 is 0 Å². The molecule has 2 rings (SSSR count). The van der Waals surface area contributed by atoms with E-state index in [0.717, 1.165) is 5.92 Å². The minimum atomic E-state index is 0.855. The summed E-state index contributed by atoms with van der Waals surface area (Å²) in [5.74, 6) is 0.855. The maximum atomic E-state index is 2.39. The standard InChI is InChI=1S/C18H28/c1-2-3-4-6-9-16-12-14-18(15-13-16)17-10-7-5-8-11-17/h12-15,17H,2-11H2,1H3. The van der Waals surface area contributed by atoms with E-state index in [1.54, 1.807) is 5.56 Å². The molecule has 18 heavy (non-hydrogen) atoms. The van der Waals surface area contributed by atoms with E-state index in [4.69, 9.17) is 0 Å². The molecule has 0 aromatic heterocycles. The summed E-state index contributed by atoms with van der Waals surface area (Å²) >= 11 is 0. The Hall–Kier alpha value is -0.780. The van der Waals surface area contributed by atoms with Gasteiger partial charge in [0.15, 0.2) is 0 Å². The van der Waals surface area contributed by atoms with Crippen LogP contribution in [0.15, 0.2) is 24.3 Å². The molecule has 1 aliphatic rings. The smallest absolute Gasteiger partial charge is 0.0162 e. The summed E-state index contributed by atoms with van der Waals surface area (Å²) < 4.78 is 0. The summed E-state index contributed by atoms with van der Waals surface area (Å²) in [4.78, 5) is 0. The lowest BCUT2D eigenvalue weighted by atomic mass is 9.84. The van der Waals surface area contributed by atoms with E-state index >= 15 is 0 Å². The van der Waals surface area contributed by atoms with Crippen LogP contribution in [0.3, 0.4) is 0 Å². The van der Waals surface area contributed by atoms with Gasteiger partial charge < -0.3 is 0 Å². The molecule has 1 fully saturated rings. The van der Waals surface area contributed by atoms with E-state index in [9.17, 15) is 0 Å². The summed E-state index contributed by atoms with van der Waals surface area (Å²) in [6, 6.07) is 9.53. The number of unbranched alkanes of at least 4 members (excludes halogenated alkanes) is 3. The van der Waals surface area contributed by atoms with E-state index in [2.05, 4.69) is 31.2 Å². The lowest BCUT2D eigenvalue weighted by Gasteiger charge is -2.22. The van der Waals surface area contributed by atoms with Crippen LogP contribution in [0.2, 0.25) is 0 Å². The topological polar surface area (TPSA) is 0 Å². The highest BCUT2D eigenvalue weighted by molar-refractivity contribution is 5.25. The van der Waals surface area contributed by atoms with Crippen molar-refractivity contribution in [3.8, 4) is 0 Å². The lowest BCUT2D eigenvalue weighted by molar-refractivity contribution is 0.443. The second-order valence-corrected chi connectivity index (χ2v) is 5.89. The van der Waals surface area contributed by atoms with Crippen molar-refractivity contribution < 1.29 is 0 Å². The third-order valence-corrected chi connectivity index (χ3v) is 4.38. The van der Waals surface area contributed by atoms with Gasteiger partial charge in [0, 0.05) is 0 Å². The zero-order valence-electron chi connectivity index (χ0n) is 12.0. The zero-order valence-corrected chi connectivity index (χ0v) is 12.0. The summed E-state index contributed by atoms with van der Waals surface area (Å²) in [7, 11) is 0. The molecule has 0 nitrogen and oxygen atoms in total. The minimum Gasteiger partial charge on any atom is -0.0654 e. The Morgan fingerprint density at radius 2 is 1.61 bits per heavy atom. The third kappa shape index (κ3) is 4.15. The molecule has 0 spiro atoms. The van der Waals surface area contributed by atoms with Crippen molar-refractivity contribution in [1.29, 1.82) is 0 Å². The molecule has 0 heterocycles. The van der Waals surface area contributed by atoms with Gasteiger partial charge in [-0.3, -0.25) is 0 Å². The van der Waals surface area contributed by atoms with Crippen LogP contribution >= 0.6 is 0 Å². The van der Waals surface area contributed by atoms with E-state index < -0.39 is 0 Å². The molecule has 0 bridgehead atoms. The molecule has 0 unspecified atom stereocenters. The van der Waals surface area contributed by atoms with Gasteiger partial charge in [-0.2, -0.15) is 0 Å². The second kappa shape index (κ2) is 7.61. The van der Waals surface area contributed by atoms with Crippen molar-refractivity contribution in [3.05, 3.63) is 35.4 Å². The van der Waals surface area contributed by atoms with Crippen molar-refractivity contribution >= 4 is 0 Å². The monoisotopic (exact) mass is 244 g/mol. The van der Waals surface area contributed by atoms with Gasteiger partial charge in [-0.1, -0.05) is 69.7 Å². The molecule has 1 aliphatic carbocycles. The highest BCUT2D eigenvalue weighted by atomic mass is 14.2. The summed E-state index contributed by atoms with van der Waals surface area (Å²) in [6.45, 7) is 2.28. The Morgan fingerprint density at radius 3 is 2.28 bits per heavy atom. The fourth-order valence-corrected chi connectivity index (χ4v) is 3.15. The summed E-state index contributed by atoms with van der Waals surface area (Å²) in [6.07, 6.45) is 13.9. The number of aryl methyl sites for hydroxylation is 1. The quantitative estimate of drug-likeness (QED) is 0.550. The minimum absolute atomic E-state index is 0.855. The Kier molecular flexibility index (Phi) is 5.77. The van der Waals surface area contributed by atoms with E-state index in [-0.39, 0.29) is 0 Å². The van der Waals surface area contributed by atoms with Crippen LogP contribution in [0.1, 0.15) is 81.8 Å². The molecule has 1 saturated carbocycles. The van der Waals surface area contributed by atoms with Crippen LogP contribution in [0.25, 0.3) is 0 Å². The van der Waals surface area contributed by atoms with Crippen LogP contribution in [-0.4, -0.2) is 0 Å². The van der Waals surface area contributed by atoms with Crippen LogP contribution in [0.5, 0.6) is 0 Å². The molecular weight excluding hydrogens is 216 g/mol. The average molecular weight is 244 g/mol. The van der Waals surface area contributed by atoms with Crippen molar-refractivity contribution in [3.63, 3.8) is 0 Å². The van der Waals surface area contributed by atoms with Crippen LogP contribution in [0.4, 0.5) is 0 Å². The molecule has 1 aromatic rings. The van der Waals surface area contributed by atoms with Crippen molar-refractivity contribution in [2.45, 2.75) is 77.0 Å². The van der Waals surface area contributed by atoms with E-state index in [0.29, 0.717) is 0 Å². The molecule has 0 amide bonds. The first-order valence-electron chi connectivity index (χ1n) is 7.99. The molecule has 0 atom stereocenters. The van der Waals surface area contributed by atoms with Gasteiger partial charge in [0.25, 0.3) is 0 Å². The van der Waals surface area contributed by atoms with E-state index in [1.165, 1.54) is 69.8 Å². The fourth-order valence-electron chi connectivity index (χ4n) is 3.15. The van der Waals surface area contributed by atoms with Gasteiger partial charge >= 0.3 is 0 Å². The van der Waals surface area contributed by atoms with Gasteiger partial charge in [-0.25, -0.2) is 0 Å². The normalized spacial score (nSPS) is 16.9. The predicted octanol–water partition coefficient (Wildman–Crippen LogP) is 5.86. The summed E-state index contributed by atoms with van der Waals surface area (Å²) in [5.41, 5.74) is 3.12. The maximum absolute atomic E-state index is 2.39. The highest BCUT2D eigenvalue weighted by Crippen LogP contribution is 2.32. The highest BCUT2D eigenvalue weighted by Gasteiger charge is 2.14. The van der Waals surface area contributed by atoms with Gasteiger partial charge in [0.2, 0.25) is 0 Å². The van der Waals surface area contributed by atoms with Crippen molar-refractivity contribution in [2.75, 3.05) is 0 Å². The predicted molar refractivity (Wildman–Crippen MR) is 80.1 cm³/mol. The second-order valence-electron chi connectivity index (χ2n) is 5.89. The van der Waals surface area contributed by atoms with Crippen LogP contribution in [0, 0.1) is 0 Å². The van der Waals surface area contributed by atoms with Gasteiger partial charge in [0.05, 0.1) is 0 Å². The van der Waals surface area contributed by atoms with Gasteiger partial charge in [0.1, 0.15) is 0 Å². The molecule has 0 heteroatoms. The molecular formula is C18H28. The van der Waals surface area contributed by atoms with Crippen molar-refractivity contribution in [2.24, 2.45) is 0 Å². The first kappa shape index (κ1) is 13.6. The third-order valence-electron chi connectivity index (χ3n) is 4.38. The lowest BCUT2D eigenvalue weighted by Crippen LogP contribution is -2.04. The average Bonchev–Trinajstić information content (AvgIpc) is 2.45. The first-order valence-corrected chi connectivity index (χ1v) is 7.99. The van der Waals surface area contributed by atoms with Crippen molar-refractivity contribution in [1.82, 2.24) is 0 Å².